The fraction of sp³-hybridized carbons (Fsp3) is 0.625. The van der Waals surface area contributed by atoms with Gasteiger partial charge in [0.15, 0.2) is 0 Å². The molecule has 0 saturated carbocycles. The maximum Gasteiger partial charge on any atom is 0.123 e. The van der Waals surface area contributed by atoms with Gasteiger partial charge in [-0.2, -0.15) is 0 Å². The number of methoxy groups -OCH3 is 1. The predicted octanol–water partition coefficient (Wildman–Crippen LogP) is 2.52. The van der Waals surface area contributed by atoms with Crippen LogP contribution in [0.15, 0.2) is 24.3 Å². The number of piperidine rings is 1. The first-order chi connectivity index (χ1) is 9.19. The van der Waals surface area contributed by atoms with Gasteiger partial charge in [0.25, 0.3) is 0 Å². The summed E-state index contributed by atoms with van der Waals surface area (Å²) in [6, 6.07) is 8.96. The van der Waals surface area contributed by atoms with E-state index in [9.17, 15) is 0 Å². The molecule has 1 aromatic rings. The number of ether oxygens (including phenoxy) is 1. The minimum absolute atomic E-state index is 0.665. The van der Waals surface area contributed by atoms with E-state index in [1.807, 2.05) is 12.1 Å². The lowest BCUT2D eigenvalue weighted by molar-refractivity contribution is 0.213. The predicted molar refractivity (Wildman–Crippen MR) is 79.5 cm³/mol. The van der Waals surface area contributed by atoms with Gasteiger partial charge in [-0.15, -0.1) is 0 Å². The number of hydrogen-bond acceptors (Lipinski definition) is 3. The van der Waals surface area contributed by atoms with E-state index in [1.165, 1.54) is 24.9 Å². The van der Waals surface area contributed by atoms with Gasteiger partial charge in [-0.05, 0) is 45.3 Å². The summed E-state index contributed by atoms with van der Waals surface area (Å²) in [6.45, 7) is 5.58. The van der Waals surface area contributed by atoms with E-state index in [0.29, 0.717) is 6.04 Å². The zero-order valence-corrected chi connectivity index (χ0v) is 12.4. The SMILES string of the molecule is COc1ccccc1CN(C)CC1CCNC(C)C1. The maximum absolute atomic E-state index is 5.42. The maximum atomic E-state index is 5.42. The van der Waals surface area contributed by atoms with Crippen LogP contribution < -0.4 is 10.1 Å². The fourth-order valence-corrected chi connectivity index (χ4v) is 3.03. The van der Waals surface area contributed by atoms with Crippen molar-refractivity contribution in [3.63, 3.8) is 0 Å². The van der Waals surface area contributed by atoms with Crippen LogP contribution in [-0.2, 0) is 6.54 Å². The van der Waals surface area contributed by atoms with Crippen LogP contribution in [0.5, 0.6) is 5.75 Å². The van der Waals surface area contributed by atoms with Gasteiger partial charge in [0.1, 0.15) is 5.75 Å². The van der Waals surface area contributed by atoms with Gasteiger partial charge in [-0.25, -0.2) is 0 Å². The number of benzene rings is 1. The van der Waals surface area contributed by atoms with Gasteiger partial charge in [0.05, 0.1) is 7.11 Å². The summed E-state index contributed by atoms with van der Waals surface area (Å²) in [6.07, 6.45) is 2.58. The molecule has 2 atom stereocenters. The van der Waals surface area contributed by atoms with Crippen LogP contribution in [0.3, 0.4) is 0 Å². The quantitative estimate of drug-likeness (QED) is 0.882. The molecular weight excluding hydrogens is 236 g/mol. The molecule has 0 radical (unpaired) electrons. The molecule has 3 nitrogen and oxygen atoms in total. The molecule has 1 aliphatic rings. The minimum atomic E-state index is 0.665. The van der Waals surface area contributed by atoms with Gasteiger partial charge in [-0.1, -0.05) is 18.2 Å². The Morgan fingerprint density at radius 2 is 2.16 bits per heavy atom. The van der Waals surface area contributed by atoms with Gasteiger partial charge in [0, 0.05) is 24.7 Å². The van der Waals surface area contributed by atoms with Crippen molar-refractivity contribution in [2.45, 2.75) is 32.4 Å². The molecule has 106 valence electrons. The number of nitrogens with one attached hydrogen (secondary N) is 1. The van der Waals surface area contributed by atoms with Gasteiger partial charge in [0.2, 0.25) is 0 Å². The van der Waals surface area contributed by atoms with Crippen molar-refractivity contribution < 1.29 is 4.74 Å². The highest BCUT2D eigenvalue weighted by molar-refractivity contribution is 5.32. The monoisotopic (exact) mass is 262 g/mol. The summed E-state index contributed by atoms with van der Waals surface area (Å²) in [5, 5.41) is 3.51. The third-order valence-electron chi connectivity index (χ3n) is 3.93. The Labute approximate surface area is 116 Å². The Bertz CT molecular complexity index is 394. The molecule has 1 N–H and O–H groups in total. The van der Waals surface area contributed by atoms with E-state index in [0.717, 1.165) is 24.8 Å². The summed E-state index contributed by atoms with van der Waals surface area (Å²) in [7, 11) is 3.95. The molecule has 0 aromatic heterocycles. The fourth-order valence-electron chi connectivity index (χ4n) is 3.03. The van der Waals surface area contributed by atoms with Gasteiger partial charge >= 0.3 is 0 Å². The molecule has 1 aromatic carbocycles. The van der Waals surface area contributed by atoms with E-state index in [1.54, 1.807) is 7.11 Å². The first-order valence-electron chi connectivity index (χ1n) is 7.23. The number of para-hydroxylation sites is 1. The standard InChI is InChI=1S/C16H26N2O/c1-13-10-14(8-9-17-13)11-18(2)12-15-6-4-5-7-16(15)19-3/h4-7,13-14,17H,8-12H2,1-3H3. The lowest BCUT2D eigenvalue weighted by Crippen LogP contribution is -2.39. The van der Waals surface area contributed by atoms with Crippen LogP contribution in [0.1, 0.15) is 25.3 Å². The molecule has 0 bridgehead atoms. The Hall–Kier alpha value is -1.06. The molecule has 1 fully saturated rings. The molecule has 0 amide bonds. The summed E-state index contributed by atoms with van der Waals surface area (Å²) in [5.41, 5.74) is 1.27. The van der Waals surface area contributed by atoms with E-state index < -0.39 is 0 Å². The third kappa shape index (κ3) is 4.22. The van der Waals surface area contributed by atoms with Gasteiger partial charge in [-0.3, -0.25) is 0 Å². The number of hydrogen-bond donors (Lipinski definition) is 1. The molecule has 2 unspecified atom stereocenters. The van der Waals surface area contributed by atoms with E-state index in [2.05, 4.69) is 36.3 Å². The molecule has 0 spiro atoms. The smallest absolute Gasteiger partial charge is 0.123 e. The lowest BCUT2D eigenvalue weighted by atomic mass is 9.93. The van der Waals surface area contributed by atoms with Crippen LogP contribution in [0.2, 0.25) is 0 Å². The average molecular weight is 262 g/mol. The van der Waals surface area contributed by atoms with Crippen molar-refractivity contribution in [1.29, 1.82) is 0 Å². The highest BCUT2D eigenvalue weighted by Crippen LogP contribution is 2.21. The van der Waals surface area contributed by atoms with E-state index >= 15 is 0 Å². The van der Waals surface area contributed by atoms with Crippen molar-refractivity contribution in [2.24, 2.45) is 5.92 Å². The summed E-state index contributed by atoms with van der Waals surface area (Å²) < 4.78 is 5.42. The lowest BCUT2D eigenvalue weighted by Gasteiger charge is -2.31. The highest BCUT2D eigenvalue weighted by atomic mass is 16.5. The normalized spacial score (nSPS) is 23.6. The van der Waals surface area contributed by atoms with Crippen molar-refractivity contribution in [3.05, 3.63) is 29.8 Å². The van der Waals surface area contributed by atoms with Crippen LogP contribution >= 0.6 is 0 Å². The van der Waals surface area contributed by atoms with Crippen molar-refractivity contribution in [3.8, 4) is 5.75 Å². The zero-order valence-electron chi connectivity index (χ0n) is 12.4. The molecule has 3 heteroatoms. The van der Waals surface area contributed by atoms with Crippen molar-refractivity contribution >= 4 is 0 Å². The molecule has 2 rings (SSSR count). The second kappa shape index (κ2) is 6.92. The zero-order chi connectivity index (χ0) is 13.7. The number of nitrogens with zero attached hydrogens (tertiary/aromatic N) is 1. The Morgan fingerprint density at radius 1 is 1.37 bits per heavy atom. The average Bonchev–Trinajstić information content (AvgIpc) is 2.39. The summed E-state index contributed by atoms with van der Waals surface area (Å²) >= 11 is 0. The largest absolute Gasteiger partial charge is 0.496 e. The second-order valence-electron chi connectivity index (χ2n) is 5.75. The van der Waals surface area contributed by atoms with Crippen LogP contribution in [0.25, 0.3) is 0 Å². The molecule has 0 aliphatic carbocycles. The molecular formula is C16H26N2O. The van der Waals surface area contributed by atoms with Crippen LogP contribution in [-0.4, -0.2) is 38.2 Å². The molecule has 1 saturated heterocycles. The van der Waals surface area contributed by atoms with E-state index in [4.69, 9.17) is 4.74 Å². The van der Waals surface area contributed by atoms with Crippen LogP contribution in [0.4, 0.5) is 0 Å². The van der Waals surface area contributed by atoms with Crippen molar-refractivity contribution in [2.75, 3.05) is 27.2 Å². The Balaban J connectivity index is 1.88. The van der Waals surface area contributed by atoms with Gasteiger partial charge < -0.3 is 15.0 Å². The first-order valence-corrected chi connectivity index (χ1v) is 7.23. The molecule has 1 heterocycles. The number of rotatable bonds is 5. The topological polar surface area (TPSA) is 24.5 Å². The summed E-state index contributed by atoms with van der Waals surface area (Å²) in [4.78, 5) is 2.42. The van der Waals surface area contributed by atoms with E-state index in [-0.39, 0.29) is 0 Å². The highest BCUT2D eigenvalue weighted by Gasteiger charge is 2.19. The second-order valence-corrected chi connectivity index (χ2v) is 5.75. The van der Waals surface area contributed by atoms with Crippen LogP contribution in [0, 0.1) is 5.92 Å². The molecule has 1 aliphatic heterocycles. The first kappa shape index (κ1) is 14.4. The summed E-state index contributed by atoms with van der Waals surface area (Å²) in [5.74, 6) is 1.81. The Morgan fingerprint density at radius 3 is 2.89 bits per heavy atom. The molecule has 19 heavy (non-hydrogen) atoms. The minimum Gasteiger partial charge on any atom is -0.496 e. The third-order valence-corrected chi connectivity index (χ3v) is 3.93. The van der Waals surface area contributed by atoms with Crippen molar-refractivity contribution in [1.82, 2.24) is 10.2 Å². The Kier molecular flexibility index (Phi) is 5.23.